The normalized spacial score (nSPS) is 16.7. The van der Waals surface area contributed by atoms with Gasteiger partial charge >= 0.3 is 0 Å². The Morgan fingerprint density at radius 1 is 1.42 bits per heavy atom. The van der Waals surface area contributed by atoms with E-state index in [4.69, 9.17) is 0 Å². The molecule has 0 amide bonds. The van der Waals surface area contributed by atoms with Crippen LogP contribution in [0.2, 0.25) is 0 Å². The standard InChI is InChI=1S/C14H22FN3S/c1-11(2)17-10-12-4-5-16-14(13(12)15)18-6-3-8-19-9-7-18/h4-5,11,17H,3,6-10H2,1-2H3. The second kappa shape index (κ2) is 7.10. The Kier molecular flexibility index (Phi) is 5.45. The third-order valence-corrected chi connectivity index (χ3v) is 4.22. The number of nitrogens with zero attached hydrogens (tertiary/aromatic N) is 2. The van der Waals surface area contributed by atoms with Crippen LogP contribution in [-0.4, -0.2) is 35.6 Å². The molecule has 1 aromatic heterocycles. The number of halogens is 1. The van der Waals surface area contributed by atoms with Gasteiger partial charge in [0.1, 0.15) is 0 Å². The summed E-state index contributed by atoms with van der Waals surface area (Å²) in [6.07, 6.45) is 2.81. The zero-order valence-corrected chi connectivity index (χ0v) is 12.5. The summed E-state index contributed by atoms with van der Waals surface area (Å²) in [6.45, 7) is 6.47. The summed E-state index contributed by atoms with van der Waals surface area (Å²) in [5.74, 6) is 2.57. The van der Waals surface area contributed by atoms with Crippen molar-refractivity contribution in [3.63, 3.8) is 0 Å². The van der Waals surface area contributed by atoms with E-state index in [1.807, 2.05) is 11.8 Å². The van der Waals surface area contributed by atoms with Gasteiger partial charge in [0.25, 0.3) is 0 Å². The van der Waals surface area contributed by atoms with E-state index in [-0.39, 0.29) is 5.82 Å². The third-order valence-electron chi connectivity index (χ3n) is 3.17. The summed E-state index contributed by atoms with van der Waals surface area (Å²) in [5.41, 5.74) is 0.704. The molecule has 1 saturated heterocycles. The van der Waals surface area contributed by atoms with Gasteiger partial charge in [-0.15, -0.1) is 0 Å². The molecule has 0 aliphatic carbocycles. The maximum atomic E-state index is 14.5. The lowest BCUT2D eigenvalue weighted by Crippen LogP contribution is -2.28. The topological polar surface area (TPSA) is 28.2 Å². The monoisotopic (exact) mass is 283 g/mol. The molecule has 1 N–H and O–H groups in total. The van der Waals surface area contributed by atoms with Crippen LogP contribution in [0, 0.1) is 5.82 Å². The number of hydrogen-bond acceptors (Lipinski definition) is 4. The van der Waals surface area contributed by atoms with Gasteiger partial charge in [-0.25, -0.2) is 9.37 Å². The van der Waals surface area contributed by atoms with Crippen molar-refractivity contribution in [2.24, 2.45) is 0 Å². The van der Waals surface area contributed by atoms with Gasteiger partial charge in [-0.2, -0.15) is 11.8 Å². The lowest BCUT2D eigenvalue weighted by Gasteiger charge is -2.22. The highest BCUT2D eigenvalue weighted by atomic mass is 32.2. The Bertz CT molecular complexity index is 404. The molecule has 0 bridgehead atoms. The van der Waals surface area contributed by atoms with Gasteiger partial charge in [-0.3, -0.25) is 0 Å². The van der Waals surface area contributed by atoms with Crippen LogP contribution in [0.25, 0.3) is 0 Å². The van der Waals surface area contributed by atoms with Gasteiger partial charge in [-0.1, -0.05) is 13.8 Å². The van der Waals surface area contributed by atoms with Crippen LogP contribution >= 0.6 is 11.8 Å². The SMILES string of the molecule is CC(C)NCc1ccnc(N2CCCSCC2)c1F. The van der Waals surface area contributed by atoms with Gasteiger partial charge in [-0.05, 0) is 18.2 Å². The molecule has 0 aromatic carbocycles. The van der Waals surface area contributed by atoms with Crippen LogP contribution in [0.1, 0.15) is 25.8 Å². The molecule has 106 valence electrons. The molecule has 19 heavy (non-hydrogen) atoms. The Labute approximate surface area is 119 Å². The van der Waals surface area contributed by atoms with Gasteiger partial charge in [0.2, 0.25) is 0 Å². The highest BCUT2D eigenvalue weighted by Crippen LogP contribution is 2.22. The molecule has 0 unspecified atom stereocenters. The van der Waals surface area contributed by atoms with Gasteiger partial charge in [0, 0.05) is 43.2 Å². The zero-order valence-electron chi connectivity index (χ0n) is 11.7. The predicted octanol–water partition coefficient (Wildman–Crippen LogP) is 2.66. The molecule has 3 nitrogen and oxygen atoms in total. The van der Waals surface area contributed by atoms with Crippen molar-refractivity contribution in [3.05, 3.63) is 23.6 Å². The van der Waals surface area contributed by atoms with E-state index in [0.29, 0.717) is 24.0 Å². The number of thioether (sulfide) groups is 1. The summed E-state index contributed by atoms with van der Waals surface area (Å²) in [5, 5.41) is 3.25. The summed E-state index contributed by atoms with van der Waals surface area (Å²) in [7, 11) is 0. The molecule has 2 heterocycles. The Morgan fingerprint density at radius 2 is 2.26 bits per heavy atom. The summed E-state index contributed by atoms with van der Waals surface area (Å²) in [4.78, 5) is 6.32. The molecule has 2 rings (SSSR count). The molecular weight excluding hydrogens is 261 g/mol. The van der Waals surface area contributed by atoms with E-state index in [9.17, 15) is 4.39 Å². The average Bonchev–Trinajstić information content (AvgIpc) is 2.66. The molecule has 0 spiro atoms. The van der Waals surface area contributed by atoms with Crippen LogP contribution in [0.5, 0.6) is 0 Å². The number of aromatic nitrogens is 1. The molecular formula is C14H22FN3S. The van der Waals surface area contributed by atoms with Crippen molar-refractivity contribution < 1.29 is 4.39 Å². The maximum Gasteiger partial charge on any atom is 0.170 e. The number of hydrogen-bond donors (Lipinski definition) is 1. The zero-order chi connectivity index (χ0) is 13.7. The summed E-state index contributed by atoms with van der Waals surface area (Å²) in [6, 6.07) is 2.12. The quantitative estimate of drug-likeness (QED) is 0.919. The van der Waals surface area contributed by atoms with Crippen molar-refractivity contribution in [2.75, 3.05) is 29.5 Å². The van der Waals surface area contributed by atoms with Crippen LogP contribution < -0.4 is 10.2 Å². The fourth-order valence-electron chi connectivity index (χ4n) is 2.10. The van der Waals surface area contributed by atoms with E-state index in [0.717, 1.165) is 31.0 Å². The molecule has 1 aliphatic heterocycles. The second-order valence-electron chi connectivity index (χ2n) is 5.10. The van der Waals surface area contributed by atoms with Crippen molar-refractivity contribution in [1.82, 2.24) is 10.3 Å². The molecule has 0 saturated carbocycles. The minimum absolute atomic E-state index is 0.164. The van der Waals surface area contributed by atoms with Crippen molar-refractivity contribution in [2.45, 2.75) is 32.9 Å². The van der Waals surface area contributed by atoms with E-state index in [2.05, 4.69) is 29.0 Å². The largest absolute Gasteiger partial charge is 0.353 e. The molecule has 1 fully saturated rings. The first-order valence-corrected chi connectivity index (χ1v) is 8.03. The van der Waals surface area contributed by atoms with Crippen molar-refractivity contribution in [3.8, 4) is 0 Å². The molecule has 1 aliphatic rings. The summed E-state index contributed by atoms with van der Waals surface area (Å²) < 4.78 is 14.5. The molecule has 1 aromatic rings. The lowest BCUT2D eigenvalue weighted by atomic mass is 10.2. The first-order valence-electron chi connectivity index (χ1n) is 6.88. The first kappa shape index (κ1) is 14.6. The Hall–Kier alpha value is -0.810. The first-order chi connectivity index (χ1) is 9.18. The van der Waals surface area contributed by atoms with Crippen LogP contribution in [0.4, 0.5) is 10.2 Å². The summed E-state index contributed by atoms with van der Waals surface area (Å²) >= 11 is 1.93. The van der Waals surface area contributed by atoms with Gasteiger partial charge < -0.3 is 10.2 Å². The average molecular weight is 283 g/mol. The van der Waals surface area contributed by atoms with Crippen LogP contribution in [0.15, 0.2) is 12.3 Å². The third kappa shape index (κ3) is 4.08. The van der Waals surface area contributed by atoms with Crippen molar-refractivity contribution in [1.29, 1.82) is 0 Å². The van der Waals surface area contributed by atoms with E-state index in [1.54, 1.807) is 12.3 Å². The fraction of sp³-hybridized carbons (Fsp3) is 0.643. The van der Waals surface area contributed by atoms with E-state index >= 15 is 0 Å². The number of pyridine rings is 1. The minimum Gasteiger partial charge on any atom is -0.353 e. The second-order valence-corrected chi connectivity index (χ2v) is 6.32. The number of nitrogens with one attached hydrogen (secondary N) is 1. The smallest absolute Gasteiger partial charge is 0.170 e. The highest BCUT2D eigenvalue weighted by Gasteiger charge is 2.17. The number of rotatable bonds is 4. The van der Waals surface area contributed by atoms with Gasteiger partial charge in [0.15, 0.2) is 11.6 Å². The maximum absolute atomic E-state index is 14.5. The lowest BCUT2D eigenvalue weighted by molar-refractivity contribution is 0.547. The number of anilines is 1. The Balaban J connectivity index is 2.13. The minimum atomic E-state index is -0.164. The van der Waals surface area contributed by atoms with E-state index < -0.39 is 0 Å². The van der Waals surface area contributed by atoms with Crippen molar-refractivity contribution >= 4 is 17.6 Å². The fourth-order valence-corrected chi connectivity index (χ4v) is 2.99. The highest BCUT2D eigenvalue weighted by molar-refractivity contribution is 7.99. The molecule has 5 heteroatoms. The molecule has 0 radical (unpaired) electrons. The van der Waals surface area contributed by atoms with Crippen LogP contribution in [0.3, 0.4) is 0 Å². The van der Waals surface area contributed by atoms with Gasteiger partial charge in [0.05, 0.1) is 0 Å². The predicted molar refractivity (Wildman–Crippen MR) is 80.3 cm³/mol. The molecule has 0 atom stereocenters. The van der Waals surface area contributed by atoms with Crippen LogP contribution in [-0.2, 0) is 6.54 Å². The Morgan fingerprint density at radius 3 is 3.05 bits per heavy atom. The van der Waals surface area contributed by atoms with E-state index in [1.165, 1.54) is 0 Å².